The first kappa shape index (κ1) is 11.3. The first-order chi connectivity index (χ1) is 7.04. The fourth-order valence-electron chi connectivity index (χ4n) is 1.45. The zero-order chi connectivity index (χ0) is 11.4. The second-order valence-electron chi connectivity index (χ2n) is 3.19. The maximum Gasteiger partial charge on any atom is 0.332 e. The number of esters is 1. The summed E-state index contributed by atoms with van der Waals surface area (Å²) >= 11 is 0. The number of aliphatic carboxylic acids is 1. The summed E-state index contributed by atoms with van der Waals surface area (Å²) in [6.07, 6.45) is 3.82. The van der Waals surface area contributed by atoms with Crippen molar-refractivity contribution in [1.82, 2.24) is 4.90 Å². The molecule has 0 radical (unpaired) electrons. The van der Waals surface area contributed by atoms with Gasteiger partial charge in [0.1, 0.15) is 0 Å². The van der Waals surface area contributed by atoms with Crippen molar-refractivity contribution in [3.8, 4) is 0 Å². The molecular weight excluding hydrogens is 198 g/mol. The quantitative estimate of drug-likeness (QED) is 0.539. The molecule has 1 saturated heterocycles. The molecule has 0 atom stereocenters. The average molecular weight is 211 g/mol. The predicted molar refractivity (Wildman–Crippen MR) is 52.8 cm³/mol. The van der Waals surface area contributed by atoms with Gasteiger partial charge < -0.3 is 14.7 Å². The highest BCUT2D eigenvalue weighted by molar-refractivity contribution is 5.83. The molecular formula is C10H13NO4. The number of ether oxygens (including phenoxy) is 1. The molecule has 15 heavy (non-hydrogen) atoms. The lowest BCUT2D eigenvalue weighted by Gasteiger charge is -2.14. The molecule has 82 valence electrons. The molecule has 1 N–H and O–H groups in total. The van der Waals surface area contributed by atoms with E-state index >= 15 is 0 Å². The molecule has 1 rings (SSSR count). The molecule has 5 heteroatoms. The summed E-state index contributed by atoms with van der Waals surface area (Å²) < 4.78 is 4.50. The Hall–Kier alpha value is -1.78. The molecule has 1 aliphatic rings. The molecule has 5 nitrogen and oxygen atoms in total. The van der Waals surface area contributed by atoms with Crippen LogP contribution in [0.2, 0.25) is 0 Å². The molecule has 0 saturated carbocycles. The minimum Gasteiger partial charge on any atom is -0.478 e. The van der Waals surface area contributed by atoms with Gasteiger partial charge in [-0.2, -0.15) is 0 Å². The zero-order valence-corrected chi connectivity index (χ0v) is 8.69. The minimum absolute atomic E-state index is 0.423. The molecule has 0 unspecified atom stereocenters. The van der Waals surface area contributed by atoms with Crippen LogP contribution < -0.4 is 0 Å². The van der Waals surface area contributed by atoms with Crippen LogP contribution in [0.1, 0.15) is 12.8 Å². The lowest BCUT2D eigenvalue weighted by Crippen LogP contribution is -2.12. The van der Waals surface area contributed by atoms with Crippen molar-refractivity contribution in [2.75, 3.05) is 14.2 Å². The molecule has 0 bridgehead atoms. The van der Waals surface area contributed by atoms with Crippen LogP contribution in [-0.2, 0) is 14.3 Å². The number of carbonyl (C=O) groups is 2. The van der Waals surface area contributed by atoms with E-state index in [2.05, 4.69) is 4.74 Å². The smallest absolute Gasteiger partial charge is 0.332 e. The third kappa shape index (κ3) is 2.83. The van der Waals surface area contributed by atoms with E-state index in [9.17, 15) is 9.59 Å². The lowest BCUT2D eigenvalue weighted by atomic mass is 10.2. The van der Waals surface area contributed by atoms with Crippen LogP contribution in [0.3, 0.4) is 0 Å². The number of methoxy groups -OCH3 is 1. The van der Waals surface area contributed by atoms with Crippen LogP contribution in [0, 0.1) is 0 Å². The van der Waals surface area contributed by atoms with Gasteiger partial charge in [-0.25, -0.2) is 9.59 Å². The Balaban J connectivity index is 2.80. The number of carboxylic acid groups (broad SMARTS) is 1. The Labute approximate surface area is 87.6 Å². The average Bonchev–Trinajstić information content (AvgIpc) is 2.49. The monoisotopic (exact) mass is 211 g/mol. The molecule has 0 amide bonds. The van der Waals surface area contributed by atoms with Crippen molar-refractivity contribution >= 4 is 11.9 Å². The first-order valence-electron chi connectivity index (χ1n) is 4.50. The van der Waals surface area contributed by atoms with Crippen molar-refractivity contribution in [2.24, 2.45) is 0 Å². The summed E-state index contributed by atoms with van der Waals surface area (Å²) in [7, 11) is 3.04. The predicted octanol–water partition coefficient (Wildman–Crippen LogP) is 0.737. The third-order valence-corrected chi connectivity index (χ3v) is 2.27. The van der Waals surface area contributed by atoms with Gasteiger partial charge in [-0.1, -0.05) is 0 Å². The normalized spacial score (nSPS) is 21.1. The van der Waals surface area contributed by atoms with Gasteiger partial charge in [0.05, 0.1) is 7.11 Å². The summed E-state index contributed by atoms with van der Waals surface area (Å²) in [5.41, 5.74) is 1.46. The molecule has 1 aliphatic heterocycles. The van der Waals surface area contributed by atoms with Crippen molar-refractivity contribution < 1.29 is 19.4 Å². The fraction of sp³-hybridized carbons (Fsp3) is 0.400. The molecule has 0 aromatic carbocycles. The molecule has 1 heterocycles. The van der Waals surface area contributed by atoms with Crippen LogP contribution >= 0.6 is 0 Å². The maximum atomic E-state index is 11.0. The summed E-state index contributed by atoms with van der Waals surface area (Å²) in [5, 5.41) is 8.59. The molecule has 0 aromatic rings. The topological polar surface area (TPSA) is 66.8 Å². The Kier molecular flexibility index (Phi) is 3.49. The second-order valence-corrected chi connectivity index (χ2v) is 3.19. The van der Waals surface area contributed by atoms with Crippen LogP contribution in [0.25, 0.3) is 0 Å². The number of likely N-dealkylation sites (tertiary alicyclic amines) is 1. The highest BCUT2D eigenvalue weighted by atomic mass is 16.5. The van der Waals surface area contributed by atoms with Gasteiger partial charge in [-0.15, -0.1) is 0 Å². The van der Waals surface area contributed by atoms with Crippen molar-refractivity contribution in [3.63, 3.8) is 0 Å². The highest BCUT2D eigenvalue weighted by Crippen LogP contribution is 2.28. The summed E-state index contributed by atoms with van der Waals surface area (Å²) in [6.45, 7) is 0. The highest BCUT2D eigenvalue weighted by Gasteiger charge is 2.20. The fourth-order valence-corrected chi connectivity index (χ4v) is 1.45. The van der Waals surface area contributed by atoms with Crippen molar-refractivity contribution in [3.05, 3.63) is 23.5 Å². The number of nitrogens with zero attached hydrogens (tertiary/aromatic N) is 1. The Morgan fingerprint density at radius 3 is 2.33 bits per heavy atom. The Bertz CT molecular complexity index is 343. The van der Waals surface area contributed by atoms with E-state index in [1.165, 1.54) is 13.2 Å². The number of hydrogen-bond donors (Lipinski definition) is 1. The zero-order valence-electron chi connectivity index (χ0n) is 8.69. The van der Waals surface area contributed by atoms with E-state index in [1.807, 2.05) is 0 Å². The van der Waals surface area contributed by atoms with E-state index < -0.39 is 11.9 Å². The Morgan fingerprint density at radius 1 is 1.33 bits per heavy atom. The second kappa shape index (κ2) is 4.63. The van der Waals surface area contributed by atoms with E-state index in [-0.39, 0.29) is 0 Å². The summed E-state index contributed by atoms with van der Waals surface area (Å²) in [6, 6.07) is 0. The minimum atomic E-state index is -0.976. The van der Waals surface area contributed by atoms with Gasteiger partial charge in [0.15, 0.2) is 0 Å². The van der Waals surface area contributed by atoms with E-state index in [1.54, 1.807) is 11.9 Å². The van der Waals surface area contributed by atoms with Crippen LogP contribution in [0.15, 0.2) is 23.5 Å². The van der Waals surface area contributed by atoms with E-state index in [0.29, 0.717) is 18.5 Å². The summed E-state index contributed by atoms with van der Waals surface area (Å²) in [4.78, 5) is 23.2. The number of carbonyl (C=O) groups excluding carboxylic acids is 1. The van der Waals surface area contributed by atoms with Crippen molar-refractivity contribution in [2.45, 2.75) is 12.8 Å². The van der Waals surface area contributed by atoms with Gasteiger partial charge >= 0.3 is 11.9 Å². The van der Waals surface area contributed by atoms with Gasteiger partial charge in [0.25, 0.3) is 0 Å². The van der Waals surface area contributed by atoms with Crippen molar-refractivity contribution in [1.29, 1.82) is 0 Å². The van der Waals surface area contributed by atoms with Gasteiger partial charge in [0, 0.05) is 30.6 Å². The third-order valence-electron chi connectivity index (χ3n) is 2.27. The van der Waals surface area contributed by atoms with Gasteiger partial charge in [0.2, 0.25) is 0 Å². The SMILES string of the molecule is COC(=O)/C=C1\CC/C(=C\C(=O)O)N1C. The Morgan fingerprint density at radius 2 is 1.87 bits per heavy atom. The number of rotatable bonds is 2. The van der Waals surface area contributed by atoms with Crippen LogP contribution in [0.5, 0.6) is 0 Å². The number of allylic oxidation sites excluding steroid dienone is 2. The number of hydrogen-bond acceptors (Lipinski definition) is 4. The molecule has 0 spiro atoms. The lowest BCUT2D eigenvalue weighted by molar-refractivity contribution is -0.135. The van der Waals surface area contributed by atoms with E-state index in [4.69, 9.17) is 5.11 Å². The van der Waals surface area contributed by atoms with E-state index in [0.717, 1.165) is 11.8 Å². The maximum absolute atomic E-state index is 11.0. The van der Waals surface area contributed by atoms with Gasteiger partial charge in [-0.05, 0) is 12.8 Å². The molecule has 0 aliphatic carbocycles. The summed E-state index contributed by atoms with van der Waals surface area (Å²) in [5.74, 6) is -1.40. The standard InChI is InChI=1S/C10H13NO4/c1-11-7(5-9(12)13)3-4-8(11)6-10(14)15-2/h5-6H,3-4H2,1-2H3,(H,12,13)/b7-5+,8-6+. The van der Waals surface area contributed by atoms with Crippen LogP contribution in [0.4, 0.5) is 0 Å². The number of carboxylic acids is 1. The van der Waals surface area contributed by atoms with Gasteiger partial charge in [-0.3, -0.25) is 0 Å². The largest absolute Gasteiger partial charge is 0.478 e. The van der Waals surface area contributed by atoms with Crippen LogP contribution in [-0.4, -0.2) is 36.1 Å². The first-order valence-corrected chi connectivity index (χ1v) is 4.50. The molecule has 0 aromatic heterocycles. The molecule has 1 fully saturated rings.